The first-order chi connectivity index (χ1) is 30.6. The topological polar surface area (TPSA) is 22.0 Å². The van der Waals surface area contributed by atoms with Gasteiger partial charge in [0, 0.05) is 26.7 Å². The first-order valence-electron chi connectivity index (χ1n) is 21.4. The van der Waals surface area contributed by atoms with E-state index in [1.54, 1.807) is 0 Å². The smallest absolute Gasteiger partial charge is 0.172 e. The average molecular weight is 806 g/mol. The molecule has 14 rings (SSSR count). The number of rotatable bonds is 3. The minimum atomic E-state index is -3.19. The van der Waals surface area contributed by atoms with Crippen molar-refractivity contribution >= 4 is 55.6 Å². The maximum atomic E-state index is 16.0. The first-order valence-corrected chi connectivity index (χ1v) is 23.1. The Morgan fingerprint density at radius 1 is 0.371 bits per heavy atom. The van der Waals surface area contributed by atoms with Gasteiger partial charge < -0.3 is 9.13 Å². The van der Waals surface area contributed by atoms with Gasteiger partial charge in [0.25, 0.3) is 0 Å². The highest BCUT2D eigenvalue weighted by molar-refractivity contribution is 7.86. The molecule has 0 N–H and O–H groups in total. The summed E-state index contributed by atoms with van der Waals surface area (Å²) in [6.45, 7) is 0. The maximum Gasteiger partial charge on any atom is 0.172 e. The summed E-state index contributed by atoms with van der Waals surface area (Å²) in [6.07, 6.45) is 0. The molecule has 1 aliphatic carbocycles. The third kappa shape index (κ3) is 4.27. The van der Waals surface area contributed by atoms with E-state index in [1.165, 1.54) is 88.3 Å². The van der Waals surface area contributed by atoms with Crippen LogP contribution in [0, 0.1) is 0 Å². The van der Waals surface area contributed by atoms with Crippen molar-refractivity contribution < 1.29 is 4.57 Å². The Labute approximate surface area is 359 Å². The second kappa shape index (κ2) is 12.3. The van der Waals surface area contributed by atoms with Gasteiger partial charge in [0.2, 0.25) is 0 Å². The quantitative estimate of drug-likeness (QED) is 0.163. The second-order valence-corrected chi connectivity index (χ2v) is 19.8. The van der Waals surface area contributed by atoms with Crippen molar-refractivity contribution in [1.29, 1.82) is 0 Å². The molecule has 11 aromatic rings. The molecular formula is C59H36NOP. The van der Waals surface area contributed by atoms with E-state index in [2.05, 4.69) is 187 Å². The largest absolute Gasteiger partial charge is 0.309 e. The molecule has 10 aromatic carbocycles. The summed E-state index contributed by atoms with van der Waals surface area (Å²) in [6, 6.07) is 79.5. The van der Waals surface area contributed by atoms with Gasteiger partial charge in [-0.2, -0.15) is 0 Å². The van der Waals surface area contributed by atoms with Crippen molar-refractivity contribution in [3.05, 3.63) is 241 Å². The van der Waals surface area contributed by atoms with E-state index in [4.69, 9.17) is 0 Å². The summed E-state index contributed by atoms with van der Waals surface area (Å²) in [4.78, 5) is 0. The van der Waals surface area contributed by atoms with Crippen molar-refractivity contribution in [2.45, 2.75) is 5.41 Å². The highest BCUT2D eigenvalue weighted by atomic mass is 31.2. The van der Waals surface area contributed by atoms with E-state index in [0.717, 1.165) is 32.6 Å². The zero-order valence-electron chi connectivity index (χ0n) is 33.6. The molecule has 3 aliphatic rings. The summed E-state index contributed by atoms with van der Waals surface area (Å²) < 4.78 is 18.5. The molecule has 1 spiro atoms. The Kier molecular flexibility index (Phi) is 6.79. The molecule has 62 heavy (non-hydrogen) atoms. The lowest BCUT2D eigenvalue weighted by molar-refractivity contribution is 0.593. The first kappa shape index (κ1) is 34.2. The molecule has 1 aromatic heterocycles. The number of fused-ring (bicyclic) bond motifs is 16. The van der Waals surface area contributed by atoms with Crippen LogP contribution in [-0.2, 0) is 9.98 Å². The third-order valence-electron chi connectivity index (χ3n) is 14.2. The van der Waals surface area contributed by atoms with E-state index in [0.29, 0.717) is 0 Å². The van der Waals surface area contributed by atoms with E-state index in [-0.39, 0.29) is 0 Å². The molecule has 0 fully saturated rings. The van der Waals surface area contributed by atoms with Gasteiger partial charge >= 0.3 is 0 Å². The van der Waals surface area contributed by atoms with Gasteiger partial charge in [-0.25, -0.2) is 0 Å². The van der Waals surface area contributed by atoms with Crippen molar-refractivity contribution in [2.24, 2.45) is 0 Å². The van der Waals surface area contributed by atoms with Crippen LogP contribution in [0.25, 0.3) is 82.8 Å². The van der Waals surface area contributed by atoms with Gasteiger partial charge in [0.1, 0.15) is 0 Å². The number of hydrogen-bond acceptors (Lipinski definition) is 1. The number of para-hydroxylation sites is 3. The van der Waals surface area contributed by atoms with Crippen LogP contribution < -0.4 is 15.9 Å². The van der Waals surface area contributed by atoms with Gasteiger partial charge in [-0.1, -0.05) is 176 Å². The molecule has 0 saturated carbocycles. The van der Waals surface area contributed by atoms with Crippen LogP contribution in [0.1, 0.15) is 22.3 Å². The molecular weight excluding hydrogens is 770 g/mol. The Morgan fingerprint density at radius 3 is 1.84 bits per heavy atom. The van der Waals surface area contributed by atoms with Gasteiger partial charge in [-0.15, -0.1) is 0 Å². The van der Waals surface area contributed by atoms with Crippen LogP contribution in [0.4, 0.5) is 0 Å². The van der Waals surface area contributed by atoms with Gasteiger partial charge in [-0.05, 0) is 120 Å². The van der Waals surface area contributed by atoms with Gasteiger partial charge in [-0.3, -0.25) is 0 Å². The van der Waals surface area contributed by atoms with Crippen molar-refractivity contribution in [3.8, 4) is 50.2 Å². The molecule has 3 heterocycles. The summed E-state index contributed by atoms with van der Waals surface area (Å²) in [5, 5.41) is 7.66. The lowest BCUT2D eigenvalue weighted by Crippen LogP contribution is -2.33. The van der Waals surface area contributed by atoms with Crippen molar-refractivity contribution in [2.75, 3.05) is 0 Å². The lowest BCUT2D eigenvalue weighted by Gasteiger charge is -2.40. The van der Waals surface area contributed by atoms with Gasteiger partial charge in [0.05, 0.1) is 22.1 Å². The molecule has 2 atom stereocenters. The van der Waals surface area contributed by atoms with E-state index >= 15 is 4.57 Å². The predicted octanol–water partition coefficient (Wildman–Crippen LogP) is 13.6. The fourth-order valence-electron chi connectivity index (χ4n) is 11.6. The van der Waals surface area contributed by atoms with Crippen molar-refractivity contribution in [3.63, 3.8) is 0 Å². The van der Waals surface area contributed by atoms with E-state index in [1.807, 2.05) is 36.4 Å². The number of hydrogen-bond donors (Lipinski definition) is 0. The Hall–Kier alpha value is -7.51. The SMILES string of the molecule is O=[P@@]1(c2ccccc2)c2ccccc2-c2cc3c(cc21)-c1ccc(-c2ccc4cc(-c5ccccc5)ccc4c2)cc1C31c2ccccc2-n2c3ccccc3c3cccc1c32. The fraction of sp³-hybridized carbons (Fsp3) is 0.0169. The summed E-state index contributed by atoms with van der Waals surface area (Å²) >= 11 is 0. The zero-order chi connectivity index (χ0) is 40.7. The normalized spacial score (nSPS) is 17.5. The molecule has 0 amide bonds. The molecule has 2 nitrogen and oxygen atoms in total. The third-order valence-corrected chi connectivity index (χ3v) is 17.3. The highest BCUT2D eigenvalue weighted by Gasteiger charge is 2.53. The summed E-state index contributed by atoms with van der Waals surface area (Å²) in [7, 11) is -3.19. The molecule has 2 aliphatic heterocycles. The fourth-order valence-corrected chi connectivity index (χ4v) is 14.6. The maximum absolute atomic E-state index is 16.0. The van der Waals surface area contributed by atoms with Crippen LogP contribution >= 0.6 is 7.14 Å². The van der Waals surface area contributed by atoms with Crippen LogP contribution in [0.2, 0.25) is 0 Å². The number of benzene rings is 10. The van der Waals surface area contributed by atoms with E-state index in [9.17, 15) is 0 Å². The Morgan fingerprint density at radius 2 is 1.00 bits per heavy atom. The molecule has 3 heteroatoms. The summed E-state index contributed by atoms with van der Waals surface area (Å²) in [5.74, 6) is 0. The van der Waals surface area contributed by atoms with Crippen molar-refractivity contribution in [1.82, 2.24) is 4.57 Å². The monoisotopic (exact) mass is 805 g/mol. The van der Waals surface area contributed by atoms with Crippen LogP contribution in [0.5, 0.6) is 0 Å². The average Bonchev–Trinajstić information content (AvgIpc) is 3.92. The molecule has 0 saturated heterocycles. The van der Waals surface area contributed by atoms with E-state index < -0.39 is 12.6 Å². The standard InChI is InChI=1S/C59H36NOP/c61-62(43-16-5-2-6-17-43)56-25-12-8-19-46(56)49-35-53-48(36-57(49)62)44-31-30-42(41-29-28-39-32-38(26-27-40(39)33-41)37-14-3-1-4-15-37)34-52(44)59(53)50-21-9-11-24-55(50)60-54-23-10-7-18-45(54)47-20-13-22-51(59)58(47)60/h1-36H/t59?,62-/m0/s1. The van der Waals surface area contributed by atoms with Crippen LogP contribution in [0.15, 0.2) is 218 Å². The summed E-state index contributed by atoms with van der Waals surface area (Å²) in [5.41, 5.74) is 17.3. The number of aromatic nitrogens is 1. The van der Waals surface area contributed by atoms with Crippen LogP contribution in [-0.4, -0.2) is 4.57 Å². The lowest BCUT2D eigenvalue weighted by atomic mass is 9.65. The predicted molar refractivity (Wildman–Crippen MR) is 258 cm³/mol. The number of nitrogens with zero attached hydrogens (tertiary/aromatic N) is 1. The van der Waals surface area contributed by atoms with Crippen LogP contribution in [0.3, 0.4) is 0 Å². The minimum Gasteiger partial charge on any atom is -0.309 e. The Bertz CT molecular complexity index is 3790. The highest BCUT2D eigenvalue weighted by Crippen LogP contribution is 2.63. The molecule has 1 unspecified atom stereocenters. The minimum absolute atomic E-state index is 0.661. The molecule has 288 valence electrons. The van der Waals surface area contributed by atoms with Gasteiger partial charge in [0.15, 0.2) is 7.14 Å². The molecule has 0 bridgehead atoms. The second-order valence-electron chi connectivity index (χ2n) is 17.1. The Balaban J connectivity index is 1.08. The molecule has 0 radical (unpaired) electrons. The zero-order valence-corrected chi connectivity index (χ0v) is 34.5.